The Kier molecular flexibility index (Phi) is 11.0. The Bertz CT molecular complexity index is 1160. The van der Waals surface area contributed by atoms with Crippen molar-refractivity contribution in [2.75, 3.05) is 0 Å². The van der Waals surface area contributed by atoms with Crippen molar-refractivity contribution in [1.29, 1.82) is 0 Å². The van der Waals surface area contributed by atoms with E-state index >= 15 is 0 Å². The maximum absolute atomic E-state index is 13.5. The molecule has 0 N–H and O–H groups in total. The van der Waals surface area contributed by atoms with Gasteiger partial charge >= 0.3 is 95.6 Å². The van der Waals surface area contributed by atoms with Crippen molar-refractivity contribution in [3.8, 4) is 0 Å². The van der Waals surface area contributed by atoms with Crippen LogP contribution in [0.15, 0.2) is 0 Å². The van der Waals surface area contributed by atoms with E-state index in [4.69, 9.17) is 0 Å². The summed E-state index contributed by atoms with van der Waals surface area (Å²) in [5.74, 6) is -114. The van der Waals surface area contributed by atoms with Crippen LogP contribution in [0, 0.1) is 0 Å². The average molecular weight is 854 g/mol. The predicted octanol–water partition coefficient (Wildman–Crippen LogP) is 10.9. The summed E-state index contributed by atoms with van der Waals surface area (Å²) in [7, 11) is 0. The van der Waals surface area contributed by atoms with E-state index in [-0.39, 0.29) is 0 Å². The zero-order valence-corrected chi connectivity index (χ0v) is 21.3. The van der Waals surface area contributed by atoms with Gasteiger partial charge in [0.1, 0.15) is 0 Å². The molecule has 0 rings (SSSR count). The first-order valence-corrected chi connectivity index (χ1v) is 10.3. The van der Waals surface area contributed by atoms with E-state index in [1.165, 1.54) is 0 Å². The van der Waals surface area contributed by atoms with E-state index in [0.717, 1.165) is 0 Å². The zero-order valence-electron chi connectivity index (χ0n) is 21.3. The fraction of sp³-hybridized carbons (Fsp3) is 1.00. The first kappa shape index (κ1) is 48.6. The van der Waals surface area contributed by atoms with Crippen molar-refractivity contribution in [2.24, 2.45) is 0 Å². The highest BCUT2D eigenvalue weighted by Gasteiger charge is 2.98. The molecule has 0 fully saturated rings. The van der Waals surface area contributed by atoms with Crippen LogP contribution in [0.2, 0.25) is 0 Å². The van der Waals surface area contributed by atoms with Crippen molar-refractivity contribution in [3.63, 3.8) is 0 Å². The molecular formula is C16F34O. The molecule has 308 valence electrons. The maximum atomic E-state index is 13.5. The molecule has 0 aromatic carbocycles. The molecule has 0 aromatic rings. The van der Waals surface area contributed by atoms with Crippen molar-refractivity contribution in [3.05, 3.63) is 0 Å². The Hall–Kier alpha value is -2.42. The molecule has 0 radical (unpaired) electrons. The van der Waals surface area contributed by atoms with Gasteiger partial charge in [-0.2, -0.15) is 149 Å². The van der Waals surface area contributed by atoms with Crippen LogP contribution in [-0.4, -0.2) is 95.6 Å². The van der Waals surface area contributed by atoms with Crippen LogP contribution in [0.1, 0.15) is 0 Å². The summed E-state index contributed by atoms with van der Waals surface area (Å²) in [6, 6.07) is 0. The van der Waals surface area contributed by atoms with E-state index in [0.29, 0.717) is 4.74 Å². The standard InChI is InChI=1S/C16F34O/c17-1(18,5(25,26)9(33,34)13(41,42)43)3(21,22)7(29,30)11(37,38)15(47,48)51-16(49,50)12(39,40)8(31,32)4(23,24)2(19,20)6(27,28)10(35,36)14(44,45)46. The molecule has 0 aromatic heterocycles. The molecule has 1 nitrogen and oxygen atoms in total. The minimum atomic E-state index is -9.77. The van der Waals surface area contributed by atoms with Crippen LogP contribution in [0.5, 0.6) is 0 Å². The molecule has 0 atom stereocenters. The highest BCUT2D eigenvalue weighted by atomic mass is 19.4. The van der Waals surface area contributed by atoms with E-state index in [9.17, 15) is 149 Å². The first-order chi connectivity index (χ1) is 21.2. The predicted molar refractivity (Wildman–Crippen MR) is 82.5 cm³/mol. The Morgan fingerprint density at radius 1 is 0.157 bits per heavy atom. The maximum Gasteiger partial charge on any atom is 0.460 e. The van der Waals surface area contributed by atoms with Gasteiger partial charge in [-0.15, -0.1) is 0 Å². The molecule has 0 aliphatic carbocycles. The van der Waals surface area contributed by atoms with Crippen molar-refractivity contribution in [2.45, 2.75) is 95.6 Å². The van der Waals surface area contributed by atoms with Crippen LogP contribution in [-0.2, 0) is 4.74 Å². The lowest BCUT2D eigenvalue weighted by Gasteiger charge is -2.44. The minimum Gasteiger partial charge on any atom is -0.245 e. The summed E-state index contributed by atoms with van der Waals surface area (Å²) in [5.41, 5.74) is 0. The van der Waals surface area contributed by atoms with E-state index < -0.39 is 95.6 Å². The number of rotatable bonds is 14. The normalized spacial score (nSPS) is 17.3. The minimum absolute atomic E-state index is 0.443. The Morgan fingerprint density at radius 3 is 0.412 bits per heavy atom. The molecule has 0 amide bonds. The number of alkyl halides is 34. The van der Waals surface area contributed by atoms with Crippen LogP contribution in [0.3, 0.4) is 0 Å². The molecule has 51 heavy (non-hydrogen) atoms. The molecule has 0 saturated carbocycles. The Morgan fingerprint density at radius 2 is 0.275 bits per heavy atom. The molecule has 35 heteroatoms. The second kappa shape index (κ2) is 11.5. The van der Waals surface area contributed by atoms with Crippen molar-refractivity contribution >= 4 is 0 Å². The molecule has 0 spiro atoms. The average Bonchev–Trinajstić information content (AvgIpc) is 2.85. The van der Waals surface area contributed by atoms with Gasteiger partial charge in [0.2, 0.25) is 0 Å². The van der Waals surface area contributed by atoms with Crippen LogP contribution in [0.4, 0.5) is 149 Å². The first-order valence-electron chi connectivity index (χ1n) is 10.3. The van der Waals surface area contributed by atoms with Gasteiger partial charge in [-0.3, -0.25) is 0 Å². The van der Waals surface area contributed by atoms with Gasteiger partial charge in [0.25, 0.3) is 0 Å². The number of hydrogen-bond donors (Lipinski definition) is 0. The van der Waals surface area contributed by atoms with E-state index in [2.05, 4.69) is 0 Å². The van der Waals surface area contributed by atoms with Gasteiger partial charge in [-0.1, -0.05) is 0 Å². The summed E-state index contributed by atoms with van der Waals surface area (Å²) in [6.45, 7) is 0. The molecule has 0 saturated heterocycles. The van der Waals surface area contributed by atoms with Gasteiger partial charge in [-0.05, 0) is 0 Å². The lowest BCUT2D eigenvalue weighted by atomic mass is 9.90. The summed E-state index contributed by atoms with van der Waals surface area (Å²) in [4.78, 5) is 0. The van der Waals surface area contributed by atoms with Crippen LogP contribution < -0.4 is 0 Å². The van der Waals surface area contributed by atoms with Crippen molar-refractivity contribution < 1.29 is 154 Å². The fourth-order valence-electron chi connectivity index (χ4n) is 2.59. The summed E-state index contributed by atoms with van der Waals surface area (Å²) in [6.07, 6.45) is -35.5. The molecule has 0 aliphatic rings. The van der Waals surface area contributed by atoms with E-state index in [1.807, 2.05) is 0 Å². The monoisotopic (exact) mass is 854 g/mol. The molecular weight excluding hydrogens is 854 g/mol. The number of halogens is 34. The quantitative estimate of drug-likeness (QED) is 0.158. The van der Waals surface area contributed by atoms with Gasteiger partial charge in [0.05, 0.1) is 0 Å². The van der Waals surface area contributed by atoms with E-state index in [1.54, 1.807) is 0 Å². The SMILES string of the molecule is FC(F)(F)C(F)(F)C(F)(F)C(F)(F)C(F)(F)C(F)(F)C(F)(F)C(F)(F)OC(F)(F)C(F)(F)C(F)(F)C(F)(F)C(F)(F)C(F)(F)C(F)(F)C(F)(F)F. The summed E-state index contributed by atoms with van der Waals surface area (Å²) >= 11 is 0. The lowest BCUT2D eigenvalue weighted by Crippen LogP contribution is -2.76. The third-order valence-corrected chi connectivity index (χ3v) is 5.64. The van der Waals surface area contributed by atoms with Crippen molar-refractivity contribution in [1.82, 2.24) is 0 Å². The lowest BCUT2D eigenvalue weighted by molar-refractivity contribution is -0.530. The second-order valence-corrected chi connectivity index (χ2v) is 9.02. The smallest absolute Gasteiger partial charge is 0.245 e. The van der Waals surface area contributed by atoms with Crippen LogP contribution >= 0.6 is 0 Å². The van der Waals surface area contributed by atoms with Gasteiger partial charge in [0.15, 0.2) is 0 Å². The Balaban J connectivity index is 7.35. The summed E-state index contributed by atoms with van der Waals surface area (Å²) in [5, 5.41) is 0. The van der Waals surface area contributed by atoms with Gasteiger partial charge in [-0.25, -0.2) is 4.74 Å². The highest BCUT2D eigenvalue weighted by molar-refractivity contribution is 5.16. The third-order valence-electron chi connectivity index (χ3n) is 5.64. The molecule has 0 aliphatic heterocycles. The second-order valence-electron chi connectivity index (χ2n) is 9.02. The van der Waals surface area contributed by atoms with Gasteiger partial charge < -0.3 is 0 Å². The number of hydrogen-bond acceptors (Lipinski definition) is 1. The number of ether oxygens (including phenoxy) is 1. The van der Waals surface area contributed by atoms with Gasteiger partial charge in [0, 0.05) is 0 Å². The fourth-order valence-corrected chi connectivity index (χ4v) is 2.59. The molecule has 0 unspecified atom stereocenters. The Labute approximate surface area is 251 Å². The molecule has 0 bridgehead atoms. The third kappa shape index (κ3) is 5.89. The molecule has 0 heterocycles. The topological polar surface area (TPSA) is 9.23 Å². The summed E-state index contributed by atoms with van der Waals surface area (Å²) < 4.78 is 445. The highest BCUT2D eigenvalue weighted by Crippen LogP contribution is 2.67. The zero-order chi connectivity index (χ0) is 42.7. The van der Waals surface area contributed by atoms with Crippen LogP contribution in [0.25, 0.3) is 0 Å². The largest absolute Gasteiger partial charge is 0.460 e.